The van der Waals surface area contributed by atoms with Gasteiger partial charge in [-0.15, -0.1) is 0 Å². The van der Waals surface area contributed by atoms with E-state index in [0.29, 0.717) is 5.56 Å². The highest BCUT2D eigenvalue weighted by molar-refractivity contribution is 7.89. The highest BCUT2D eigenvalue weighted by atomic mass is 32.2. The summed E-state index contributed by atoms with van der Waals surface area (Å²) in [7, 11) is -6.21. The first-order valence-electron chi connectivity index (χ1n) is 7.56. The third-order valence-corrected chi connectivity index (χ3v) is 5.94. The van der Waals surface area contributed by atoms with Crippen molar-refractivity contribution in [2.24, 2.45) is 5.14 Å². The van der Waals surface area contributed by atoms with Crippen LogP contribution in [0.4, 0.5) is 11.4 Å². The number of anilines is 1. The fraction of sp³-hybridized carbons (Fsp3) is 0.200. The largest absolute Gasteiger partial charge is 0.380 e. The zero-order chi connectivity index (χ0) is 20.2. The van der Waals surface area contributed by atoms with E-state index in [9.17, 15) is 26.9 Å². The maximum atomic E-state index is 11.7. The predicted octanol–water partition coefficient (Wildman–Crippen LogP) is 0.903. The highest BCUT2D eigenvalue weighted by Crippen LogP contribution is 2.26. The molecule has 4 N–H and O–H groups in total. The van der Waals surface area contributed by atoms with Crippen molar-refractivity contribution in [2.45, 2.75) is 17.2 Å². The number of nitrogens with zero attached hydrogens (tertiary/aromatic N) is 1. The van der Waals surface area contributed by atoms with Gasteiger partial charge in [0.25, 0.3) is 5.69 Å². The van der Waals surface area contributed by atoms with Crippen molar-refractivity contribution in [1.82, 2.24) is 4.72 Å². The van der Waals surface area contributed by atoms with Crippen LogP contribution in [0.2, 0.25) is 0 Å². The zero-order valence-corrected chi connectivity index (χ0v) is 15.9. The van der Waals surface area contributed by atoms with Crippen molar-refractivity contribution in [3.05, 3.63) is 63.7 Å². The lowest BCUT2D eigenvalue weighted by molar-refractivity contribution is -0.385. The van der Waals surface area contributed by atoms with Gasteiger partial charge in [0, 0.05) is 18.7 Å². The first-order valence-corrected chi connectivity index (χ1v) is 10.8. The number of hydrogen-bond donors (Lipinski definition) is 3. The third kappa shape index (κ3) is 5.72. The van der Waals surface area contributed by atoms with Gasteiger partial charge in [0.1, 0.15) is 4.90 Å². The quantitative estimate of drug-likeness (QED) is 0.427. The predicted molar refractivity (Wildman–Crippen MR) is 99.9 cm³/mol. The molecule has 0 bridgehead atoms. The second-order valence-electron chi connectivity index (χ2n) is 5.62. The number of nitro groups is 1. The Hall–Kier alpha value is -2.54. The van der Waals surface area contributed by atoms with Crippen molar-refractivity contribution >= 4 is 31.4 Å². The Morgan fingerprint density at radius 2 is 1.63 bits per heavy atom. The zero-order valence-electron chi connectivity index (χ0n) is 14.2. The molecule has 0 aliphatic heterocycles. The minimum atomic E-state index is -4.16. The Kier molecular flexibility index (Phi) is 6.15. The second kappa shape index (κ2) is 8.00. The van der Waals surface area contributed by atoms with E-state index in [1.165, 1.54) is 19.2 Å². The summed E-state index contributed by atoms with van der Waals surface area (Å²) in [5, 5.41) is 18.8. The molecule has 0 radical (unpaired) electrons. The summed E-state index contributed by atoms with van der Waals surface area (Å²) in [6.45, 7) is 0.208. The normalized spacial score (nSPS) is 11.9. The van der Waals surface area contributed by atoms with Crippen LogP contribution in [0.15, 0.2) is 47.4 Å². The van der Waals surface area contributed by atoms with Crippen molar-refractivity contribution in [3.8, 4) is 0 Å². The topological polar surface area (TPSA) is 162 Å². The number of nitrogens with two attached hydrogens (primary N) is 1. The van der Waals surface area contributed by atoms with Gasteiger partial charge < -0.3 is 5.32 Å². The van der Waals surface area contributed by atoms with Gasteiger partial charge in [-0.1, -0.05) is 24.3 Å². The number of sulfonamides is 2. The van der Waals surface area contributed by atoms with E-state index in [1.54, 1.807) is 24.3 Å². The Bertz CT molecular complexity index is 1050. The van der Waals surface area contributed by atoms with E-state index in [2.05, 4.69) is 10.0 Å². The summed E-state index contributed by atoms with van der Waals surface area (Å²) in [5.41, 5.74) is 1.08. The molecule has 12 heteroatoms. The molecular weight excluding hydrogens is 396 g/mol. The molecule has 146 valence electrons. The molecule has 0 spiro atoms. The standard InChI is InChI=1S/C15H18N4O6S2/c1-17-26(22,23)10-12-4-2-11(3-5-12)9-18-14-7-6-13(19(20)21)8-15(14)27(16,24)25/h2-8,17-18H,9-10H2,1H3,(H2,16,24,25). The Morgan fingerprint density at radius 1 is 1.04 bits per heavy atom. The molecular formula is C15H18N4O6S2. The fourth-order valence-electron chi connectivity index (χ4n) is 2.25. The fourth-order valence-corrected chi connectivity index (χ4v) is 3.76. The summed E-state index contributed by atoms with van der Waals surface area (Å²) in [6.07, 6.45) is 0. The molecule has 2 aromatic rings. The average molecular weight is 414 g/mol. The molecule has 2 rings (SSSR count). The van der Waals surface area contributed by atoms with Gasteiger partial charge in [0.2, 0.25) is 20.0 Å². The minimum absolute atomic E-state index is 0.130. The number of hydrogen-bond acceptors (Lipinski definition) is 7. The van der Waals surface area contributed by atoms with Crippen LogP contribution in [0.3, 0.4) is 0 Å². The number of primary sulfonamides is 1. The molecule has 27 heavy (non-hydrogen) atoms. The number of non-ortho nitro benzene ring substituents is 1. The van der Waals surface area contributed by atoms with Gasteiger partial charge in [-0.05, 0) is 24.2 Å². The molecule has 0 saturated heterocycles. The molecule has 0 fully saturated rings. The van der Waals surface area contributed by atoms with E-state index >= 15 is 0 Å². The van der Waals surface area contributed by atoms with E-state index in [-0.39, 0.29) is 28.6 Å². The highest BCUT2D eigenvalue weighted by Gasteiger charge is 2.19. The Labute approximate surface area is 156 Å². The first-order chi connectivity index (χ1) is 12.5. The number of nitro benzene ring substituents is 1. The van der Waals surface area contributed by atoms with E-state index in [4.69, 9.17) is 5.14 Å². The maximum absolute atomic E-state index is 11.7. The van der Waals surface area contributed by atoms with Crippen LogP contribution in [-0.4, -0.2) is 28.8 Å². The van der Waals surface area contributed by atoms with Gasteiger partial charge >= 0.3 is 0 Å². The van der Waals surface area contributed by atoms with Crippen molar-refractivity contribution in [1.29, 1.82) is 0 Å². The minimum Gasteiger partial charge on any atom is -0.380 e. The summed E-state index contributed by atoms with van der Waals surface area (Å²) < 4.78 is 48.7. The van der Waals surface area contributed by atoms with Crippen LogP contribution in [-0.2, 0) is 32.3 Å². The van der Waals surface area contributed by atoms with Gasteiger partial charge in [0.15, 0.2) is 0 Å². The monoisotopic (exact) mass is 414 g/mol. The van der Waals surface area contributed by atoms with Crippen LogP contribution in [0.1, 0.15) is 11.1 Å². The summed E-state index contributed by atoms with van der Waals surface area (Å²) in [6, 6.07) is 9.99. The average Bonchev–Trinajstić information content (AvgIpc) is 2.60. The van der Waals surface area contributed by atoms with Crippen LogP contribution in [0.5, 0.6) is 0 Å². The molecule has 0 atom stereocenters. The number of nitrogens with one attached hydrogen (secondary N) is 2. The van der Waals surface area contributed by atoms with Gasteiger partial charge in [-0.2, -0.15) is 0 Å². The van der Waals surface area contributed by atoms with Crippen LogP contribution < -0.4 is 15.2 Å². The van der Waals surface area contributed by atoms with Gasteiger partial charge in [-0.25, -0.2) is 26.7 Å². The van der Waals surface area contributed by atoms with Crippen LogP contribution in [0, 0.1) is 10.1 Å². The molecule has 10 nitrogen and oxygen atoms in total. The lowest BCUT2D eigenvalue weighted by atomic mass is 10.1. The second-order valence-corrected chi connectivity index (χ2v) is 9.07. The number of rotatable bonds is 8. The molecule has 0 amide bonds. The number of benzene rings is 2. The molecule has 0 aromatic heterocycles. The lowest BCUT2D eigenvalue weighted by Gasteiger charge is -2.11. The smallest absolute Gasteiger partial charge is 0.270 e. The summed E-state index contributed by atoms with van der Waals surface area (Å²) >= 11 is 0. The summed E-state index contributed by atoms with van der Waals surface area (Å²) in [4.78, 5) is 9.73. The molecule has 2 aromatic carbocycles. The third-order valence-electron chi connectivity index (χ3n) is 3.66. The van der Waals surface area contributed by atoms with Crippen molar-refractivity contribution in [2.75, 3.05) is 12.4 Å². The molecule has 0 saturated carbocycles. The van der Waals surface area contributed by atoms with E-state index in [0.717, 1.165) is 11.6 Å². The first kappa shape index (κ1) is 20.8. The molecule has 0 unspecified atom stereocenters. The Morgan fingerprint density at radius 3 is 2.15 bits per heavy atom. The van der Waals surface area contributed by atoms with Crippen molar-refractivity contribution < 1.29 is 21.8 Å². The van der Waals surface area contributed by atoms with Gasteiger partial charge in [0.05, 0.1) is 16.4 Å². The van der Waals surface area contributed by atoms with E-state index < -0.39 is 25.0 Å². The summed E-state index contributed by atoms with van der Waals surface area (Å²) in [5.74, 6) is -0.158. The molecule has 0 aliphatic carbocycles. The van der Waals surface area contributed by atoms with Crippen LogP contribution >= 0.6 is 0 Å². The van der Waals surface area contributed by atoms with Crippen molar-refractivity contribution in [3.63, 3.8) is 0 Å². The van der Waals surface area contributed by atoms with Crippen LogP contribution in [0.25, 0.3) is 0 Å². The Balaban J connectivity index is 2.18. The van der Waals surface area contributed by atoms with E-state index in [1.807, 2.05) is 0 Å². The van der Waals surface area contributed by atoms with Gasteiger partial charge in [-0.3, -0.25) is 10.1 Å². The molecule has 0 heterocycles. The maximum Gasteiger partial charge on any atom is 0.270 e. The SMILES string of the molecule is CNS(=O)(=O)Cc1ccc(CNc2ccc([N+](=O)[O-])cc2S(N)(=O)=O)cc1. The lowest BCUT2D eigenvalue weighted by Crippen LogP contribution is -2.20. The molecule has 0 aliphatic rings.